The van der Waals surface area contributed by atoms with Crippen LogP contribution < -0.4 is 0 Å². The van der Waals surface area contributed by atoms with Crippen LogP contribution in [0.3, 0.4) is 0 Å². The topological polar surface area (TPSA) is 48.0 Å². The van der Waals surface area contributed by atoms with Crippen molar-refractivity contribution in [3.05, 3.63) is 71.6 Å². The van der Waals surface area contributed by atoms with Crippen LogP contribution in [0.5, 0.6) is 0 Å². The molecule has 0 aliphatic carbocycles. The second kappa shape index (κ2) is 6.49. The average Bonchev–Trinajstić information content (AvgIpc) is 3.25. The molecule has 0 amide bonds. The minimum atomic E-state index is 0.512. The molecule has 26 heavy (non-hydrogen) atoms. The van der Waals surface area contributed by atoms with Crippen LogP contribution in [0.25, 0.3) is 16.9 Å². The Hall–Kier alpha value is -3.39. The van der Waals surface area contributed by atoms with Gasteiger partial charge in [0.15, 0.2) is 11.5 Å². The van der Waals surface area contributed by atoms with Gasteiger partial charge in [0, 0.05) is 24.5 Å². The van der Waals surface area contributed by atoms with E-state index in [4.69, 9.17) is 0 Å². The van der Waals surface area contributed by atoms with E-state index in [9.17, 15) is 0 Å². The molecule has 5 nitrogen and oxygen atoms in total. The van der Waals surface area contributed by atoms with E-state index in [0.29, 0.717) is 11.6 Å². The van der Waals surface area contributed by atoms with Gasteiger partial charge in [-0.3, -0.25) is 0 Å². The first-order chi connectivity index (χ1) is 12.7. The Morgan fingerprint density at radius 3 is 2.58 bits per heavy atom. The highest BCUT2D eigenvalue weighted by atomic mass is 15.3. The van der Waals surface area contributed by atoms with Crippen molar-refractivity contribution in [2.45, 2.75) is 20.3 Å². The predicted octanol–water partition coefficient (Wildman–Crippen LogP) is 3.40. The zero-order chi connectivity index (χ0) is 18.1. The molecule has 0 saturated heterocycles. The molecule has 5 heteroatoms. The quantitative estimate of drug-likeness (QED) is 0.525. The second-order valence-corrected chi connectivity index (χ2v) is 6.20. The van der Waals surface area contributed by atoms with Crippen molar-refractivity contribution in [1.82, 2.24) is 24.1 Å². The van der Waals surface area contributed by atoms with Gasteiger partial charge in [-0.1, -0.05) is 43.3 Å². The Bertz CT molecular complexity index is 1140. The van der Waals surface area contributed by atoms with E-state index in [1.54, 1.807) is 0 Å². The first kappa shape index (κ1) is 16.1. The van der Waals surface area contributed by atoms with Crippen LogP contribution in [0.1, 0.15) is 29.8 Å². The summed E-state index contributed by atoms with van der Waals surface area (Å²) < 4.78 is 3.78. The molecular weight excluding hydrogens is 322 g/mol. The molecule has 0 aliphatic rings. The molecule has 0 atom stereocenters. The number of aryl methyl sites for hydroxylation is 3. The van der Waals surface area contributed by atoms with E-state index in [0.717, 1.165) is 29.0 Å². The maximum atomic E-state index is 4.63. The Morgan fingerprint density at radius 2 is 1.81 bits per heavy atom. The molecule has 0 spiro atoms. The van der Waals surface area contributed by atoms with Gasteiger partial charge in [-0.05, 0) is 36.8 Å². The van der Waals surface area contributed by atoms with Crippen molar-refractivity contribution in [3.63, 3.8) is 0 Å². The summed E-state index contributed by atoms with van der Waals surface area (Å²) in [6.45, 7) is 4.13. The largest absolute Gasteiger partial charge is 0.327 e. The molecule has 128 valence electrons. The van der Waals surface area contributed by atoms with Crippen LogP contribution in [0.15, 0.2) is 48.7 Å². The van der Waals surface area contributed by atoms with E-state index < -0.39 is 0 Å². The van der Waals surface area contributed by atoms with E-state index >= 15 is 0 Å². The number of imidazole rings is 1. The third-order valence-electron chi connectivity index (χ3n) is 4.37. The summed E-state index contributed by atoms with van der Waals surface area (Å²) in [5.41, 5.74) is 5.07. The second-order valence-electron chi connectivity index (χ2n) is 6.20. The molecule has 0 radical (unpaired) electrons. The third kappa shape index (κ3) is 2.86. The zero-order valence-electron chi connectivity index (χ0n) is 15.1. The van der Waals surface area contributed by atoms with Gasteiger partial charge in [0.05, 0.1) is 5.69 Å². The van der Waals surface area contributed by atoms with Crippen molar-refractivity contribution in [3.8, 4) is 23.1 Å². The predicted molar refractivity (Wildman–Crippen MR) is 102 cm³/mol. The molecule has 0 unspecified atom stereocenters. The fraction of sp³-hybridized carbons (Fsp3) is 0.190. The van der Waals surface area contributed by atoms with Gasteiger partial charge in [0.2, 0.25) is 5.82 Å². The van der Waals surface area contributed by atoms with Crippen molar-refractivity contribution in [2.75, 3.05) is 0 Å². The third-order valence-corrected chi connectivity index (χ3v) is 4.37. The molecule has 1 aromatic carbocycles. The summed E-state index contributed by atoms with van der Waals surface area (Å²) in [6.07, 6.45) is 2.89. The monoisotopic (exact) mass is 341 g/mol. The van der Waals surface area contributed by atoms with Gasteiger partial charge in [-0.25, -0.2) is 9.50 Å². The fourth-order valence-electron chi connectivity index (χ4n) is 2.90. The number of aromatic nitrogens is 5. The van der Waals surface area contributed by atoms with Crippen LogP contribution in [0.2, 0.25) is 0 Å². The molecule has 0 fully saturated rings. The number of pyridine rings is 1. The summed E-state index contributed by atoms with van der Waals surface area (Å²) in [5.74, 6) is 7.36. The van der Waals surface area contributed by atoms with Gasteiger partial charge < -0.3 is 4.57 Å². The summed E-state index contributed by atoms with van der Waals surface area (Å²) in [6, 6.07) is 14.2. The number of rotatable bonds is 2. The van der Waals surface area contributed by atoms with Crippen LogP contribution in [0.4, 0.5) is 0 Å². The van der Waals surface area contributed by atoms with E-state index in [1.165, 1.54) is 5.56 Å². The lowest BCUT2D eigenvalue weighted by molar-refractivity contribution is 0.890. The molecule has 4 rings (SSSR count). The summed E-state index contributed by atoms with van der Waals surface area (Å²) >= 11 is 0. The lowest BCUT2D eigenvalue weighted by Crippen LogP contribution is -1.96. The van der Waals surface area contributed by atoms with Gasteiger partial charge >= 0.3 is 0 Å². The van der Waals surface area contributed by atoms with Crippen LogP contribution >= 0.6 is 0 Å². The Labute approximate surface area is 152 Å². The lowest BCUT2D eigenvalue weighted by atomic mass is 10.2. The van der Waals surface area contributed by atoms with Gasteiger partial charge in [-0.15, -0.1) is 5.10 Å². The summed E-state index contributed by atoms with van der Waals surface area (Å²) in [7, 11) is 1.94. The molecule has 0 saturated carbocycles. The molecule has 0 bridgehead atoms. The normalized spacial score (nSPS) is 10.7. The smallest absolute Gasteiger partial charge is 0.226 e. The fourth-order valence-corrected chi connectivity index (χ4v) is 2.90. The first-order valence-corrected chi connectivity index (χ1v) is 8.61. The van der Waals surface area contributed by atoms with E-state index in [-0.39, 0.29) is 0 Å². The zero-order valence-corrected chi connectivity index (χ0v) is 15.1. The first-order valence-electron chi connectivity index (χ1n) is 8.61. The van der Waals surface area contributed by atoms with Crippen molar-refractivity contribution >= 4 is 5.65 Å². The number of hydrogen-bond acceptors (Lipinski definition) is 3. The minimum absolute atomic E-state index is 0.512. The van der Waals surface area contributed by atoms with Gasteiger partial charge in [0.25, 0.3) is 0 Å². The molecular formula is C21H19N5. The summed E-state index contributed by atoms with van der Waals surface area (Å²) in [5, 5.41) is 4.53. The minimum Gasteiger partial charge on any atom is -0.327 e. The average molecular weight is 341 g/mol. The Morgan fingerprint density at radius 1 is 1.00 bits per heavy atom. The van der Waals surface area contributed by atoms with Gasteiger partial charge in [-0.2, -0.15) is 4.98 Å². The number of benzene rings is 1. The van der Waals surface area contributed by atoms with E-state index in [1.807, 2.05) is 59.6 Å². The maximum Gasteiger partial charge on any atom is 0.226 e. The maximum absolute atomic E-state index is 4.63. The van der Waals surface area contributed by atoms with Crippen molar-refractivity contribution < 1.29 is 0 Å². The Balaban J connectivity index is 1.71. The van der Waals surface area contributed by atoms with Crippen molar-refractivity contribution in [1.29, 1.82) is 0 Å². The van der Waals surface area contributed by atoms with Crippen LogP contribution in [-0.2, 0) is 13.5 Å². The molecule has 0 N–H and O–H groups in total. The SMILES string of the molecule is CCc1ccc(C)n2nc(C#Cc3nc(-c4ccccc4)cn3C)nc12. The molecule has 3 heterocycles. The molecule has 0 aliphatic heterocycles. The van der Waals surface area contributed by atoms with E-state index in [2.05, 4.69) is 46.0 Å². The number of nitrogens with zero attached hydrogens (tertiary/aromatic N) is 5. The number of hydrogen-bond donors (Lipinski definition) is 0. The Kier molecular flexibility index (Phi) is 4.02. The standard InChI is InChI=1S/C21H19N5/c1-4-16-11-10-15(2)26-21(16)23-19(24-26)12-13-20-22-18(14-25(20)3)17-8-6-5-7-9-17/h5-11,14H,4H2,1-3H3. The van der Waals surface area contributed by atoms with Crippen molar-refractivity contribution in [2.24, 2.45) is 7.05 Å². The number of fused-ring (bicyclic) bond motifs is 1. The molecule has 4 aromatic rings. The summed E-state index contributed by atoms with van der Waals surface area (Å²) in [4.78, 5) is 9.22. The van der Waals surface area contributed by atoms with Crippen LogP contribution in [0, 0.1) is 18.8 Å². The molecule has 3 aromatic heterocycles. The highest BCUT2D eigenvalue weighted by molar-refractivity contribution is 5.59. The lowest BCUT2D eigenvalue weighted by Gasteiger charge is -2.01. The highest BCUT2D eigenvalue weighted by Gasteiger charge is 2.08. The highest BCUT2D eigenvalue weighted by Crippen LogP contribution is 2.17. The van der Waals surface area contributed by atoms with Gasteiger partial charge in [0.1, 0.15) is 0 Å². The van der Waals surface area contributed by atoms with Crippen LogP contribution in [-0.4, -0.2) is 24.1 Å².